The van der Waals surface area contributed by atoms with Gasteiger partial charge in [-0.3, -0.25) is 76.2 Å². The molecule has 0 saturated carbocycles. The van der Waals surface area contributed by atoms with Gasteiger partial charge < -0.3 is 78.4 Å². The van der Waals surface area contributed by atoms with E-state index in [2.05, 4.69) is 58.2 Å². The van der Waals surface area contributed by atoms with Crippen LogP contribution in [0.3, 0.4) is 0 Å². The van der Waals surface area contributed by atoms with Crippen LogP contribution in [0.4, 0.5) is 5.69 Å². The zero-order valence-corrected chi connectivity index (χ0v) is 53.6. The van der Waals surface area contributed by atoms with Crippen LogP contribution >= 0.6 is 0 Å². The molecule has 0 spiro atoms. The summed E-state index contributed by atoms with van der Waals surface area (Å²) >= 11 is 0. The van der Waals surface area contributed by atoms with Crippen LogP contribution in [0.1, 0.15) is 84.8 Å². The maximum atomic E-state index is 15.0. The Bertz CT molecular complexity index is 3470. The van der Waals surface area contributed by atoms with Gasteiger partial charge in [0.05, 0.1) is 54.9 Å². The highest BCUT2D eigenvalue weighted by molar-refractivity contribution is 7.85. The van der Waals surface area contributed by atoms with Crippen molar-refractivity contribution in [2.45, 2.75) is 146 Å². The van der Waals surface area contributed by atoms with E-state index in [0.717, 1.165) is 22.0 Å². The number of fused-ring (bicyclic) bond motifs is 5. The molecule has 508 valence electrons. The first-order valence-electron chi connectivity index (χ1n) is 30.9. The summed E-state index contributed by atoms with van der Waals surface area (Å²) in [5.74, 6) is -15.8. The first-order chi connectivity index (χ1) is 44.6. The number of hydrogen-bond acceptors (Lipinski definition) is 18. The van der Waals surface area contributed by atoms with Crippen molar-refractivity contribution < 1.29 is 86.7 Å². The lowest BCUT2D eigenvalue weighted by molar-refractivity contribution is -0.144. The number of aromatic nitrogens is 1. The molecule has 1 saturated heterocycles. The second-order valence-corrected chi connectivity index (χ2v) is 25.6. The van der Waals surface area contributed by atoms with Crippen molar-refractivity contribution >= 4 is 110 Å². The number of para-hydroxylation sites is 1. The summed E-state index contributed by atoms with van der Waals surface area (Å²) in [6.07, 6.45) is -3.03. The highest BCUT2D eigenvalue weighted by atomic mass is 32.2. The zero-order valence-electron chi connectivity index (χ0n) is 52.7. The zero-order chi connectivity index (χ0) is 68.8. The summed E-state index contributed by atoms with van der Waals surface area (Å²) in [6.45, 7) is 6.20. The van der Waals surface area contributed by atoms with E-state index in [1.807, 2.05) is 0 Å². The first-order valence-corrected chi connectivity index (χ1v) is 32.2. The van der Waals surface area contributed by atoms with Crippen LogP contribution in [0.2, 0.25) is 0 Å². The molecule has 13 atom stereocenters. The lowest BCUT2D eigenvalue weighted by Crippen LogP contribution is -2.62. The van der Waals surface area contributed by atoms with E-state index in [1.54, 1.807) is 52.0 Å². The van der Waals surface area contributed by atoms with Gasteiger partial charge in [0.15, 0.2) is 5.78 Å². The molecule has 4 aliphatic heterocycles. The predicted octanol–water partition coefficient (Wildman–Crippen LogP) is -3.81. The van der Waals surface area contributed by atoms with Gasteiger partial charge in [0, 0.05) is 85.9 Å². The van der Waals surface area contributed by atoms with Gasteiger partial charge in [-0.1, -0.05) is 71.4 Å². The molecule has 32 heteroatoms. The highest BCUT2D eigenvalue weighted by Crippen LogP contribution is 2.29. The van der Waals surface area contributed by atoms with E-state index >= 15 is 4.79 Å². The van der Waals surface area contributed by atoms with E-state index in [0.29, 0.717) is 22.9 Å². The third-order valence-corrected chi connectivity index (χ3v) is 18.4. The number of carbonyl (C=O) groups excluding carboxylic acids is 14. The Labute approximate surface area is 542 Å². The Morgan fingerprint density at radius 2 is 1.43 bits per heavy atom. The lowest BCUT2D eigenvalue weighted by Gasteiger charge is -2.33. The maximum Gasteiger partial charge on any atom is 0.253 e. The summed E-state index contributed by atoms with van der Waals surface area (Å²) in [4.78, 5) is 197. The Hall–Kier alpha value is -9.27. The Kier molecular flexibility index (Phi) is 25.0. The monoisotopic (exact) mass is 1330 g/mol. The van der Waals surface area contributed by atoms with Gasteiger partial charge in [-0.25, -0.2) is 0 Å². The topological polar surface area (TPSA) is 459 Å². The third kappa shape index (κ3) is 18.5. The molecule has 14 N–H and O–H groups in total. The van der Waals surface area contributed by atoms with Gasteiger partial charge in [0.25, 0.3) is 11.8 Å². The van der Waals surface area contributed by atoms with Crippen molar-refractivity contribution in [2.75, 3.05) is 43.9 Å². The minimum absolute atomic E-state index is 0.100. The molecule has 2 unspecified atom stereocenters. The molecule has 31 nitrogen and oxygen atoms in total. The molecule has 0 aliphatic carbocycles. The quantitative estimate of drug-likeness (QED) is 0.0543. The average molecular weight is 1330 g/mol. The number of ketones is 1. The fraction of sp³-hybridized carbons (Fsp3) is 0.516. The summed E-state index contributed by atoms with van der Waals surface area (Å²) < 4.78 is 15.0. The summed E-state index contributed by atoms with van der Waals surface area (Å²) in [7, 11) is -2.38. The second kappa shape index (κ2) is 32.5. The van der Waals surface area contributed by atoms with Gasteiger partial charge in [-0.05, 0) is 48.1 Å². The maximum absolute atomic E-state index is 15.0. The van der Waals surface area contributed by atoms with E-state index in [4.69, 9.17) is 0 Å². The number of nitrogens with one attached hydrogen (secondary N) is 11. The molecule has 13 amide bonds. The molecule has 3 aromatic rings. The minimum atomic E-state index is -2.38. The molecular weight excluding hydrogens is 1250 g/mol. The number of aliphatic hydroxyl groups excluding tert-OH is 3. The van der Waals surface area contributed by atoms with Crippen LogP contribution in [0.5, 0.6) is 0 Å². The minimum Gasteiger partial charge on any atom is -0.394 e. The van der Waals surface area contributed by atoms with Crippen molar-refractivity contribution in [3.05, 3.63) is 71.8 Å². The number of Topliss-reactive ketones (excluding diaryl/α,β-unsaturated/α-hetero) is 1. The van der Waals surface area contributed by atoms with Crippen molar-refractivity contribution in [1.82, 2.24) is 62.6 Å². The summed E-state index contributed by atoms with van der Waals surface area (Å²) in [5.41, 5.74) is 1.22. The molecule has 1 aromatic heterocycles. The van der Waals surface area contributed by atoms with Gasteiger partial charge in [-0.2, -0.15) is 0 Å². The highest BCUT2D eigenvalue weighted by Gasteiger charge is 2.45. The molecule has 2 bridgehead atoms. The van der Waals surface area contributed by atoms with E-state index in [9.17, 15) is 81.9 Å². The Morgan fingerprint density at radius 1 is 0.745 bits per heavy atom. The largest absolute Gasteiger partial charge is 0.394 e. The first kappa shape index (κ1) is 72.2. The molecule has 1 fully saturated rings. The number of nitrogens with zero attached hydrogens (tertiary/aromatic N) is 2. The normalized spacial score (nSPS) is 24.5. The molecule has 5 heterocycles. The predicted molar refractivity (Wildman–Crippen MR) is 334 cm³/mol. The molecule has 7 rings (SSSR count). The number of amides is 13. The number of rotatable bonds is 18. The fourth-order valence-electron chi connectivity index (χ4n) is 11.2. The van der Waals surface area contributed by atoms with Crippen LogP contribution in [0.25, 0.3) is 10.9 Å². The lowest BCUT2D eigenvalue weighted by atomic mass is 9.86. The van der Waals surface area contributed by atoms with Crippen molar-refractivity contribution in [2.24, 2.45) is 23.7 Å². The summed E-state index contributed by atoms with van der Waals surface area (Å²) in [5, 5.41) is 58.0. The number of benzene rings is 2. The number of aliphatic hydroxyl groups is 3. The number of imide groups is 1. The molecule has 94 heavy (non-hydrogen) atoms. The molecule has 2 aromatic carbocycles. The van der Waals surface area contributed by atoms with E-state index in [-0.39, 0.29) is 35.8 Å². The average Bonchev–Trinajstić information content (AvgIpc) is 1.62. The fourth-order valence-corrected chi connectivity index (χ4v) is 12.5. The molecule has 0 radical (unpaired) electrons. The summed E-state index contributed by atoms with van der Waals surface area (Å²) in [6, 6.07) is 1.39. The van der Waals surface area contributed by atoms with Crippen LogP contribution < -0.4 is 53.2 Å². The molecule has 4 aliphatic rings. The SMILES string of the molecule is CC[C@H](C)[C@@H]1CC(=O)CNC(=O)[C@@H]2Cc3c([nH]c4ccccc34)S(=O)CC(NC(=O)CNC1=O)C(=O)N[C@@H](CC(=O)NCc1ccc(NC(=O)[C@H](C)NC(=O)[C@@H](NC(=O)CCN3C(=O)C=CC3=O)C(C)C)cc1)C(=O)N1C[C@H](O)C[C@H]1C(=O)N[C@@H]([C@@H](C)[C@@H](O)CO)C(=O)N2. The van der Waals surface area contributed by atoms with Crippen molar-refractivity contribution in [3.63, 3.8) is 0 Å². The van der Waals surface area contributed by atoms with E-state index in [1.165, 1.54) is 38.1 Å². The number of H-pyrrole nitrogens is 1. The number of anilines is 1. The molecular formula is C62H81N13O18S. The van der Waals surface area contributed by atoms with Gasteiger partial charge in [0.2, 0.25) is 65.0 Å². The van der Waals surface area contributed by atoms with Gasteiger partial charge in [-0.15, -0.1) is 0 Å². The Balaban J connectivity index is 1.16. The van der Waals surface area contributed by atoms with Crippen LogP contribution in [-0.4, -0.2) is 210 Å². The smallest absolute Gasteiger partial charge is 0.253 e. The van der Waals surface area contributed by atoms with E-state index < -0.39 is 229 Å². The standard InChI is InChI=1S/C62H81N13O18S/c1-7-31(4)39-20-36(77)25-64-56(87)42-22-40-38-10-8-9-11-41(38)71-61(40)94(93)29-44(68-49(82)26-65-55(39)86)57(88)70-43(62(92)75-27-37(78)21-45(75)58(89)73-53(60(91)69-42)32(5)46(79)28-76)23-48(81)63-24-34-12-14-35(15-13-34)67-54(85)33(6)66-59(90)52(30(2)3)72-47(80)18-19-74-50(83)16-17-51(74)84/h8-17,30-33,37,39,42-46,52-53,71,76,78-79H,7,18-29H2,1-6H3,(H,63,81)(H,64,87)(H,65,86)(H,66,90)(H,67,85)(H,68,82)(H,69,91)(H,70,88)(H,72,80)(H,73,89)/t31-,32-,33-,37+,39-,42-,43-,44?,45-,46-,52-,53-,94?/m0/s1. The van der Waals surface area contributed by atoms with Crippen molar-refractivity contribution in [3.8, 4) is 0 Å². The van der Waals surface area contributed by atoms with Crippen molar-refractivity contribution in [1.29, 1.82) is 0 Å². The van der Waals surface area contributed by atoms with Gasteiger partial charge >= 0.3 is 0 Å². The number of carbonyl (C=O) groups is 14. The van der Waals surface area contributed by atoms with Crippen LogP contribution in [0.15, 0.2) is 65.7 Å². The number of hydrogen-bond donors (Lipinski definition) is 14. The third-order valence-electron chi connectivity index (χ3n) is 17.0. The van der Waals surface area contributed by atoms with Crippen LogP contribution in [-0.2, 0) is 90.9 Å². The Morgan fingerprint density at radius 3 is 2.10 bits per heavy atom. The van der Waals surface area contributed by atoms with Crippen LogP contribution in [0, 0.1) is 23.7 Å². The van der Waals surface area contributed by atoms with Gasteiger partial charge in [0.1, 0.15) is 47.3 Å². The second-order valence-electron chi connectivity index (χ2n) is 24.2. The number of aromatic amines is 1.